The molecule has 0 spiro atoms. The number of rotatable bonds is 4. The van der Waals surface area contributed by atoms with Crippen LogP contribution < -0.4 is 14.9 Å². The predicted molar refractivity (Wildman–Crippen MR) is 111 cm³/mol. The number of pyridine rings is 1. The highest BCUT2D eigenvalue weighted by molar-refractivity contribution is 5.97. The Morgan fingerprint density at radius 1 is 0.815 bits per heavy atom. The highest BCUT2D eigenvalue weighted by atomic mass is 16.5. The van der Waals surface area contributed by atoms with E-state index in [1.165, 1.54) is 0 Å². The molecule has 1 heterocycles. The Hall–Kier alpha value is -3.53. The van der Waals surface area contributed by atoms with Crippen molar-refractivity contribution in [2.75, 3.05) is 14.2 Å². The van der Waals surface area contributed by atoms with Crippen LogP contribution >= 0.6 is 0 Å². The maximum absolute atomic E-state index is 12.8. The van der Waals surface area contributed by atoms with Crippen molar-refractivity contribution in [3.63, 3.8) is 0 Å². The number of aromatic amines is 1. The summed E-state index contributed by atoms with van der Waals surface area (Å²) in [5, 5.41) is 1.38. The van der Waals surface area contributed by atoms with Gasteiger partial charge in [-0.2, -0.15) is 0 Å². The van der Waals surface area contributed by atoms with Gasteiger partial charge in [0.05, 0.1) is 19.7 Å². The van der Waals surface area contributed by atoms with Crippen LogP contribution in [0.5, 0.6) is 11.5 Å². The van der Waals surface area contributed by atoms with E-state index in [0.717, 1.165) is 22.2 Å². The molecule has 0 bridgehead atoms. The van der Waals surface area contributed by atoms with Crippen LogP contribution in [-0.4, -0.2) is 19.2 Å². The Morgan fingerprint density at radius 3 is 2.41 bits per heavy atom. The Labute approximate surface area is 156 Å². The van der Waals surface area contributed by atoms with Crippen molar-refractivity contribution in [2.24, 2.45) is 0 Å². The van der Waals surface area contributed by atoms with Gasteiger partial charge in [-0.25, -0.2) is 0 Å². The van der Waals surface area contributed by atoms with Gasteiger partial charge in [0.25, 0.3) is 0 Å². The van der Waals surface area contributed by atoms with Gasteiger partial charge in [0.2, 0.25) is 0 Å². The summed E-state index contributed by atoms with van der Waals surface area (Å²) in [5.41, 5.74) is 3.64. The molecule has 4 heteroatoms. The lowest BCUT2D eigenvalue weighted by atomic mass is 10.0. The molecule has 27 heavy (non-hydrogen) atoms. The molecule has 4 aromatic rings. The summed E-state index contributed by atoms with van der Waals surface area (Å²) in [6.45, 7) is 0. The topological polar surface area (TPSA) is 51.3 Å². The van der Waals surface area contributed by atoms with Crippen molar-refractivity contribution in [1.29, 1.82) is 0 Å². The van der Waals surface area contributed by atoms with Crippen molar-refractivity contribution in [3.8, 4) is 11.5 Å². The molecule has 0 aliphatic carbocycles. The molecular weight excluding hydrogens is 338 g/mol. The molecule has 0 fully saturated rings. The van der Waals surface area contributed by atoms with E-state index in [2.05, 4.69) is 4.98 Å². The summed E-state index contributed by atoms with van der Waals surface area (Å²) in [7, 11) is 3.23. The van der Waals surface area contributed by atoms with Crippen molar-refractivity contribution in [2.45, 2.75) is 0 Å². The van der Waals surface area contributed by atoms with Gasteiger partial charge in [0, 0.05) is 16.3 Å². The van der Waals surface area contributed by atoms with E-state index < -0.39 is 0 Å². The first kappa shape index (κ1) is 16.9. The lowest BCUT2D eigenvalue weighted by Gasteiger charge is -2.08. The third-order valence-corrected chi connectivity index (χ3v) is 4.64. The van der Waals surface area contributed by atoms with Crippen molar-refractivity contribution in [3.05, 3.63) is 82.0 Å². The fourth-order valence-electron chi connectivity index (χ4n) is 3.25. The molecule has 0 atom stereocenters. The van der Waals surface area contributed by atoms with E-state index in [9.17, 15) is 4.79 Å². The summed E-state index contributed by atoms with van der Waals surface area (Å²) in [4.78, 5) is 16.2. The van der Waals surface area contributed by atoms with E-state index in [-0.39, 0.29) is 5.43 Å². The van der Waals surface area contributed by atoms with E-state index in [0.29, 0.717) is 22.3 Å². The Morgan fingerprint density at radius 2 is 1.59 bits per heavy atom. The molecule has 0 saturated heterocycles. The SMILES string of the molecule is COc1ccc(/C=C/c2cccc3c(=O)c4ccccc4[nH]c23)cc1OC. The van der Waals surface area contributed by atoms with Crippen LogP contribution in [-0.2, 0) is 0 Å². The van der Waals surface area contributed by atoms with Gasteiger partial charge in [-0.3, -0.25) is 4.79 Å². The normalized spacial score (nSPS) is 11.3. The smallest absolute Gasteiger partial charge is 0.197 e. The number of methoxy groups -OCH3 is 2. The summed E-state index contributed by atoms with van der Waals surface area (Å²) in [5.74, 6) is 1.37. The number of hydrogen-bond acceptors (Lipinski definition) is 3. The number of nitrogens with one attached hydrogen (secondary N) is 1. The first-order valence-electron chi connectivity index (χ1n) is 8.65. The maximum Gasteiger partial charge on any atom is 0.197 e. The molecule has 0 amide bonds. The Balaban J connectivity index is 1.83. The second-order valence-electron chi connectivity index (χ2n) is 6.22. The molecule has 1 aromatic heterocycles. The van der Waals surface area contributed by atoms with Crippen LogP contribution in [0.15, 0.2) is 65.5 Å². The number of benzene rings is 3. The first-order chi connectivity index (χ1) is 13.2. The third kappa shape index (κ3) is 3.06. The minimum atomic E-state index is 0.0423. The van der Waals surface area contributed by atoms with Gasteiger partial charge in [0.1, 0.15) is 0 Å². The largest absolute Gasteiger partial charge is 0.493 e. The van der Waals surface area contributed by atoms with Gasteiger partial charge in [-0.1, -0.05) is 42.5 Å². The van der Waals surface area contributed by atoms with Crippen LogP contribution in [0.3, 0.4) is 0 Å². The fourth-order valence-corrected chi connectivity index (χ4v) is 3.25. The minimum absolute atomic E-state index is 0.0423. The molecule has 0 aliphatic heterocycles. The summed E-state index contributed by atoms with van der Waals surface area (Å²) in [6.07, 6.45) is 3.98. The van der Waals surface area contributed by atoms with Crippen molar-refractivity contribution >= 4 is 34.0 Å². The lowest BCUT2D eigenvalue weighted by molar-refractivity contribution is 0.355. The van der Waals surface area contributed by atoms with Gasteiger partial charge in [-0.15, -0.1) is 0 Å². The molecule has 4 nitrogen and oxygen atoms in total. The van der Waals surface area contributed by atoms with Crippen LogP contribution in [0.2, 0.25) is 0 Å². The minimum Gasteiger partial charge on any atom is -0.493 e. The van der Waals surface area contributed by atoms with Crippen LogP contribution in [0, 0.1) is 0 Å². The Kier molecular flexibility index (Phi) is 4.38. The number of aromatic nitrogens is 1. The van der Waals surface area contributed by atoms with Crippen LogP contribution in [0.25, 0.3) is 34.0 Å². The highest BCUT2D eigenvalue weighted by Crippen LogP contribution is 2.28. The molecule has 0 radical (unpaired) electrons. The molecule has 1 N–H and O–H groups in total. The van der Waals surface area contributed by atoms with Gasteiger partial charge >= 0.3 is 0 Å². The molecule has 3 aromatic carbocycles. The zero-order valence-electron chi connectivity index (χ0n) is 15.2. The second-order valence-corrected chi connectivity index (χ2v) is 6.22. The zero-order chi connectivity index (χ0) is 18.8. The molecule has 0 aliphatic rings. The molecule has 0 unspecified atom stereocenters. The quantitative estimate of drug-likeness (QED) is 0.419. The average molecular weight is 357 g/mol. The van der Waals surface area contributed by atoms with E-state index in [4.69, 9.17) is 9.47 Å². The van der Waals surface area contributed by atoms with Gasteiger partial charge in [-0.05, 0) is 41.5 Å². The summed E-state index contributed by atoms with van der Waals surface area (Å²) in [6, 6.07) is 19.1. The Bertz CT molecular complexity index is 1220. The third-order valence-electron chi connectivity index (χ3n) is 4.64. The van der Waals surface area contributed by atoms with Gasteiger partial charge in [0.15, 0.2) is 16.9 Å². The zero-order valence-corrected chi connectivity index (χ0v) is 15.2. The van der Waals surface area contributed by atoms with Gasteiger partial charge < -0.3 is 14.5 Å². The highest BCUT2D eigenvalue weighted by Gasteiger charge is 2.07. The van der Waals surface area contributed by atoms with E-state index in [1.54, 1.807) is 14.2 Å². The van der Waals surface area contributed by atoms with Crippen LogP contribution in [0.1, 0.15) is 11.1 Å². The number of fused-ring (bicyclic) bond motifs is 2. The summed E-state index contributed by atoms with van der Waals surface area (Å²) < 4.78 is 10.6. The molecular formula is C23H19NO3. The number of H-pyrrole nitrogens is 1. The molecule has 4 rings (SSSR count). The molecule has 134 valence electrons. The standard InChI is InChI=1S/C23H19NO3/c1-26-20-13-11-15(14-21(20)27-2)10-12-16-6-5-8-18-22(16)24-19-9-4-3-7-17(19)23(18)25/h3-14H,1-2H3,(H,24,25)/b12-10+. The monoisotopic (exact) mass is 357 g/mol. The number of ether oxygens (including phenoxy) is 2. The van der Waals surface area contributed by atoms with E-state index in [1.807, 2.05) is 72.8 Å². The molecule has 0 saturated carbocycles. The van der Waals surface area contributed by atoms with E-state index >= 15 is 0 Å². The fraction of sp³-hybridized carbons (Fsp3) is 0.0870. The van der Waals surface area contributed by atoms with Crippen molar-refractivity contribution in [1.82, 2.24) is 4.98 Å². The van der Waals surface area contributed by atoms with Crippen LogP contribution in [0.4, 0.5) is 0 Å². The number of hydrogen-bond donors (Lipinski definition) is 1. The predicted octanol–water partition coefficient (Wildman–Crippen LogP) is 4.87. The van der Waals surface area contributed by atoms with Crippen molar-refractivity contribution < 1.29 is 9.47 Å². The lowest BCUT2D eigenvalue weighted by Crippen LogP contribution is -2.04. The second kappa shape index (κ2) is 7.00. The maximum atomic E-state index is 12.8. The summed E-state index contributed by atoms with van der Waals surface area (Å²) >= 11 is 0. The first-order valence-corrected chi connectivity index (χ1v) is 8.65. The average Bonchev–Trinajstić information content (AvgIpc) is 2.72. The number of para-hydroxylation sites is 2.